The fraction of sp³-hybridized carbons (Fsp3) is 0.250. The van der Waals surface area contributed by atoms with E-state index in [9.17, 15) is 0 Å². The molecular formula is C4H8N4O. The number of imidazole rings is 1. The zero-order chi connectivity index (χ0) is 6.85. The van der Waals surface area contributed by atoms with E-state index in [-0.39, 0.29) is 11.8 Å². The van der Waals surface area contributed by atoms with Gasteiger partial charge in [-0.3, -0.25) is 0 Å². The summed E-state index contributed by atoms with van der Waals surface area (Å²) in [6, 6.07) is 0. The molecule has 0 radical (unpaired) electrons. The van der Waals surface area contributed by atoms with Gasteiger partial charge in [-0.05, 0) is 0 Å². The molecule has 0 amide bonds. The average molecular weight is 128 g/mol. The quantitative estimate of drug-likeness (QED) is 0.469. The minimum Gasteiger partial charge on any atom is -0.492 e. The summed E-state index contributed by atoms with van der Waals surface area (Å²) in [6.45, 7) is 0. The van der Waals surface area contributed by atoms with Crippen LogP contribution in [0.3, 0.4) is 0 Å². The minimum atomic E-state index is -0.0816. The molecule has 0 aliphatic rings. The molecule has 9 heavy (non-hydrogen) atoms. The number of hydrogen-bond acceptors (Lipinski definition) is 4. The van der Waals surface area contributed by atoms with E-state index in [2.05, 4.69) is 10.4 Å². The van der Waals surface area contributed by atoms with Gasteiger partial charge in [-0.1, -0.05) is 0 Å². The maximum absolute atomic E-state index is 8.71. The molecule has 4 N–H and O–H groups in total. The first-order chi connectivity index (χ1) is 4.24. The van der Waals surface area contributed by atoms with Crippen molar-refractivity contribution in [1.29, 1.82) is 0 Å². The lowest BCUT2D eigenvalue weighted by atomic mass is 10.9. The predicted octanol–water partition coefficient (Wildman–Crippen LogP) is -0.656. The Hall–Kier alpha value is -1.39. The van der Waals surface area contributed by atoms with Gasteiger partial charge in [-0.2, -0.15) is 4.98 Å². The first-order valence-corrected chi connectivity index (χ1v) is 2.45. The van der Waals surface area contributed by atoms with Crippen LogP contribution in [0.2, 0.25) is 0 Å². The number of rotatable bonds is 1. The Balaban J connectivity index is 3.01. The lowest BCUT2D eigenvalue weighted by Crippen LogP contribution is -2.10. The van der Waals surface area contributed by atoms with Crippen molar-refractivity contribution in [3.63, 3.8) is 0 Å². The number of nitrogens with two attached hydrogens (primary N) is 1. The van der Waals surface area contributed by atoms with Crippen molar-refractivity contribution >= 4 is 5.95 Å². The maximum atomic E-state index is 8.71. The molecule has 5 nitrogen and oxygen atoms in total. The summed E-state index contributed by atoms with van der Waals surface area (Å²) >= 11 is 0. The van der Waals surface area contributed by atoms with Crippen LogP contribution in [0.1, 0.15) is 0 Å². The Kier molecular flexibility index (Phi) is 1.18. The third-order valence-electron chi connectivity index (χ3n) is 0.961. The monoisotopic (exact) mass is 128 g/mol. The summed E-state index contributed by atoms with van der Waals surface area (Å²) in [5.41, 5.74) is 7.97. The third-order valence-corrected chi connectivity index (χ3v) is 0.961. The Labute approximate surface area is 52.1 Å². The molecule has 0 unspecified atom stereocenters. The molecule has 0 atom stereocenters. The van der Waals surface area contributed by atoms with E-state index in [0.717, 1.165) is 0 Å². The summed E-state index contributed by atoms with van der Waals surface area (Å²) in [4.78, 5) is 3.52. The fourth-order valence-corrected chi connectivity index (χ4v) is 0.561. The van der Waals surface area contributed by atoms with E-state index >= 15 is 0 Å². The van der Waals surface area contributed by atoms with Crippen molar-refractivity contribution in [1.82, 2.24) is 9.66 Å². The number of hydrogen-bond donors (Lipinski definition) is 3. The smallest absolute Gasteiger partial charge is 0.233 e. The van der Waals surface area contributed by atoms with E-state index in [1.807, 2.05) is 0 Å². The van der Waals surface area contributed by atoms with Crippen LogP contribution in [0.15, 0.2) is 6.20 Å². The average Bonchev–Trinajstić information content (AvgIpc) is 2.10. The van der Waals surface area contributed by atoms with Gasteiger partial charge in [-0.25, -0.2) is 4.68 Å². The van der Waals surface area contributed by atoms with Crippen LogP contribution in [0.25, 0.3) is 0 Å². The maximum Gasteiger partial charge on any atom is 0.233 e. The van der Waals surface area contributed by atoms with Crippen LogP contribution < -0.4 is 11.2 Å². The molecule has 0 saturated heterocycles. The second-order valence-electron chi connectivity index (χ2n) is 1.55. The Bertz CT molecular complexity index is 206. The standard InChI is InChI=1S/C4H8N4O/c1-6-8-2-3(9)7-4(8)5/h2,6,9H,1H3,(H2,5,7). The van der Waals surface area contributed by atoms with Crippen molar-refractivity contribution in [2.75, 3.05) is 18.2 Å². The molecule has 0 aromatic carbocycles. The van der Waals surface area contributed by atoms with Crippen LogP contribution in [0.5, 0.6) is 5.88 Å². The molecule has 0 saturated carbocycles. The van der Waals surface area contributed by atoms with Gasteiger partial charge in [0.15, 0.2) is 0 Å². The van der Waals surface area contributed by atoms with Crippen molar-refractivity contribution in [3.05, 3.63) is 6.20 Å². The highest BCUT2D eigenvalue weighted by atomic mass is 16.3. The predicted molar refractivity (Wildman–Crippen MR) is 33.6 cm³/mol. The zero-order valence-corrected chi connectivity index (χ0v) is 5.00. The lowest BCUT2D eigenvalue weighted by Gasteiger charge is -1.98. The van der Waals surface area contributed by atoms with Crippen LogP contribution in [-0.4, -0.2) is 21.8 Å². The summed E-state index contributed by atoms with van der Waals surface area (Å²) in [5, 5.41) is 8.71. The van der Waals surface area contributed by atoms with Gasteiger partial charge in [0.25, 0.3) is 0 Å². The third kappa shape index (κ3) is 0.883. The topological polar surface area (TPSA) is 76.1 Å². The lowest BCUT2D eigenvalue weighted by molar-refractivity contribution is 0.456. The summed E-state index contributed by atoms with van der Waals surface area (Å²) in [7, 11) is 1.68. The van der Waals surface area contributed by atoms with Gasteiger partial charge in [0.2, 0.25) is 11.8 Å². The summed E-state index contributed by atoms with van der Waals surface area (Å²) in [5.74, 6) is 0.164. The largest absolute Gasteiger partial charge is 0.492 e. The molecule has 50 valence electrons. The van der Waals surface area contributed by atoms with Crippen LogP contribution >= 0.6 is 0 Å². The van der Waals surface area contributed by atoms with E-state index in [4.69, 9.17) is 10.8 Å². The van der Waals surface area contributed by atoms with Crippen LogP contribution in [0.4, 0.5) is 5.95 Å². The second kappa shape index (κ2) is 1.85. The van der Waals surface area contributed by atoms with Gasteiger partial charge < -0.3 is 16.3 Å². The first kappa shape index (κ1) is 5.74. The molecule has 0 bridgehead atoms. The van der Waals surface area contributed by atoms with E-state index in [0.29, 0.717) is 0 Å². The number of nitrogens with zero attached hydrogens (tertiary/aromatic N) is 2. The molecule has 0 aliphatic carbocycles. The van der Waals surface area contributed by atoms with Gasteiger partial charge in [0.1, 0.15) is 0 Å². The SMILES string of the molecule is CNn1cc(O)nc1N. The molecule has 1 rings (SSSR count). The molecule has 0 aliphatic heterocycles. The molecular weight excluding hydrogens is 120 g/mol. The van der Waals surface area contributed by atoms with Crippen molar-refractivity contribution < 1.29 is 5.11 Å². The second-order valence-corrected chi connectivity index (χ2v) is 1.55. The first-order valence-electron chi connectivity index (χ1n) is 2.45. The van der Waals surface area contributed by atoms with Crippen molar-refractivity contribution in [2.24, 2.45) is 0 Å². The molecule has 1 aromatic heterocycles. The van der Waals surface area contributed by atoms with E-state index in [1.165, 1.54) is 10.9 Å². The highest BCUT2D eigenvalue weighted by Gasteiger charge is 1.98. The summed E-state index contributed by atoms with van der Waals surface area (Å²) < 4.78 is 1.41. The number of anilines is 1. The Morgan fingerprint density at radius 3 is 2.78 bits per heavy atom. The number of aromatic nitrogens is 2. The van der Waals surface area contributed by atoms with Crippen molar-refractivity contribution in [2.45, 2.75) is 0 Å². The van der Waals surface area contributed by atoms with Crippen LogP contribution in [0, 0.1) is 0 Å². The van der Waals surface area contributed by atoms with Gasteiger partial charge in [0, 0.05) is 7.05 Å². The molecule has 1 heterocycles. The van der Waals surface area contributed by atoms with Crippen molar-refractivity contribution in [3.8, 4) is 5.88 Å². The number of nitrogens with one attached hydrogen (secondary N) is 1. The van der Waals surface area contributed by atoms with Crippen LogP contribution in [-0.2, 0) is 0 Å². The fourth-order valence-electron chi connectivity index (χ4n) is 0.561. The van der Waals surface area contributed by atoms with Gasteiger partial charge in [0.05, 0.1) is 6.20 Å². The Morgan fingerprint density at radius 2 is 2.56 bits per heavy atom. The zero-order valence-electron chi connectivity index (χ0n) is 5.00. The molecule has 5 heteroatoms. The Morgan fingerprint density at radius 1 is 1.89 bits per heavy atom. The molecule has 1 aromatic rings. The number of aromatic hydroxyl groups is 1. The summed E-state index contributed by atoms with van der Waals surface area (Å²) in [6.07, 6.45) is 1.38. The van der Waals surface area contributed by atoms with E-state index < -0.39 is 0 Å². The van der Waals surface area contributed by atoms with Gasteiger partial charge in [-0.15, -0.1) is 0 Å². The minimum absolute atomic E-state index is 0.0816. The highest BCUT2D eigenvalue weighted by Crippen LogP contribution is 2.06. The molecule has 0 fully saturated rings. The van der Waals surface area contributed by atoms with Gasteiger partial charge >= 0.3 is 0 Å². The highest BCUT2D eigenvalue weighted by molar-refractivity contribution is 5.25. The van der Waals surface area contributed by atoms with E-state index in [1.54, 1.807) is 7.05 Å². The molecule has 0 spiro atoms. The normalized spacial score (nSPS) is 9.44. The number of nitrogen functional groups attached to an aromatic ring is 1.